The number of amides is 2. The van der Waals surface area contributed by atoms with Gasteiger partial charge in [-0.3, -0.25) is 15.0 Å². The molecule has 0 aliphatic carbocycles. The molecule has 10 heteroatoms. The van der Waals surface area contributed by atoms with E-state index in [1.165, 1.54) is 12.1 Å². The molecule has 0 saturated carbocycles. The number of halogens is 2. The summed E-state index contributed by atoms with van der Waals surface area (Å²) in [6.07, 6.45) is 0. The van der Waals surface area contributed by atoms with Crippen LogP contribution in [0, 0.1) is 11.6 Å². The Morgan fingerprint density at radius 2 is 1.63 bits per heavy atom. The van der Waals surface area contributed by atoms with Crippen LogP contribution in [0.2, 0.25) is 0 Å². The normalized spacial score (nSPS) is 12.3. The van der Waals surface area contributed by atoms with Crippen molar-refractivity contribution in [3.8, 4) is 17.2 Å². The lowest BCUT2D eigenvalue weighted by Gasteiger charge is -2.21. The Hall–Kier alpha value is -3.40. The van der Waals surface area contributed by atoms with Crippen LogP contribution in [0.4, 0.5) is 14.5 Å². The van der Waals surface area contributed by atoms with Gasteiger partial charge in [0.25, 0.3) is 11.8 Å². The van der Waals surface area contributed by atoms with Crippen molar-refractivity contribution >= 4 is 17.5 Å². The van der Waals surface area contributed by atoms with Crippen LogP contribution in [0.15, 0.2) is 24.3 Å². The van der Waals surface area contributed by atoms with Gasteiger partial charge in [-0.1, -0.05) is 0 Å². The number of fused-ring (bicyclic) bond motifs is 1. The van der Waals surface area contributed by atoms with Gasteiger partial charge in [0.1, 0.15) is 13.2 Å². The molecule has 1 aliphatic heterocycles. The molecule has 4 N–H and O–H groups in total. The fraction of sp³-hybridized carbons (Fsp3) is 0.176. The lowest BCUT2D eigenvalue weighted by molar-refractivity contribution is 0.0953. The maximum Gasteiger partial charge on any atom is 0.267 e. The molecule has 0 spiro atoms. The topological polar surface area (TPSA) is 112 Å². The van der Waals surface area contributed by atoms with E-state index in [-0.39, 0.29) is 23.4 Å². The average Bonchev–Trinajstić information content (AvgIpc) is 2.66. The van der Waals surface area contributed by atoms with Gasteiger partial charge in [0.05, 0.1) is 18.4 Å². The quantitative estimate of drug-likeness (QED) is 0.423. The lowest BCUT2D eigenvalue weighted by atomic mass is 10.1. The molecule has 0 fully saturated rings. The number of benzene rings is 2. The van der Waals surface area contributed by atoms with E-state index in [0.29, 0.717) is 18.1 Å². The second-order valence-corrected chi connectivity index (χ2v) is 5.44. The Kier molecular flexibility index (Phi) is 5.08. The molecule has 0 radical (unpaired) electrons. The van der Waals surface area contributed by atoms with Gasteiger partial charge in [-0.15, -0.1) is 0 Å². The van der Waals surface area contributed by atoms with Gasteiger partial charge in [0.15, 0.2) is 28.9 Å². The zero-order valence-corrected chi connectivity index (χ0v) is 14.1. The molecule has 1 aliphatic rings. The van der Waals surface area contributed by atoms with Crippen LogP contribution < -0.4 is 30.8 Å². The molecule has 2 aromatic rings. The van der Waals surface area contributed by atoms with E-state index in [2.05, 4.69) is 10.1 Å². The highest BCUT2D eigenvalue weighted by Crippen LogP contribution is 2.36. The van der Waals surface area contributed by atoms with Gasteiger partial charge in [-0.2, -0.15) is 0 Å². The monoisotopic (exact) mass is 379 g/mol. The fourth-order valence-corrected chi connectivity index (χ4v) is 2.54. The molecule has 3 rings (SSSR count). The molecule has 0 unspecified atom stereocenters. The highest BCUT2D eigenvalue weighted by atomic mass is 19.1. The standard InChI is InChI=1S/C17H15F2N3O5/c1-25-15-10(18)4-8(5-11(15)19)16(23)21-12-7-14-13(26-2-3-27-14)6-9(12)17(24)22-20/h4-7H,2-3,20H2,1H3,(H,21,23)(H,22,24). The lowest BCUT2D eigenvalue weighted by Crippen LogP contribution is -2.31. The number of ether oxygens (including phenoxy) is 3. The van der Waals surface area contributed by atoms with Crippen LogP contribution in [0.5, 0.6) is 17.2 Å². The van der Waals surface area contributed by atoms with Crippen molar-refractivity contribution in [2.45, 2.75) is 0 Å². The van der Waals surface area contributed by atoms with E-state index in [1.54, 1.807) is 0 Å². The Balaban J connectivity index is 1.97. The molecule has 2 aromatic carbocycles. The third-order valence-electron chi connectivity index (χ3n) is 3.77. The van der Waals surface area contributed by atoms with E-state index in [4.69, 9.17) is 15.3 Å². The van der Waals surface area contributed by atoms with Gasteiger partial charge in [0, 0.05) is 11.6 Å². The zero-order valence-electron chi connectivity index (χ0n) is 14.1. The number of carbonyl (C=O) groups excluding carboxylic acids is 2. The largest absolute Gasteiger partial charge is 0.491 e. The smallest absolute Gasteiger partial charge is 0.267 e. The first-order valence-electron chi connectivity index (χ1n) is 7.73. The third kappa shape index (κ3) is 3.60. The molecule has 2 amide bonds. The predicted octanol–water partition coefficient (Wildman–Crippen LogP) is 1.60. The summed E-state index contributed by atoms with van der Waals surface area (Å²) in [5.41, 5.74) is 1.67. The van der Waals surface area contributed by atoms with Crippen LogP contribution in [0.3, 0.4) is 0 Å². The first kappa shape index (κ1) is 18.4. The summed E-state index contributed by atoms with van der Waals surface area (Å²) in [6, 6.07) is 4.35. The molecule has 27 heavy (non-hydrogen) atoms. The van der Waals surface area contributed by atoms with E-state index < -0.39 is 29.2 Å². The van der Waals surface area contributed by atoms with Gasteiger partial charge in [-0.25, -0.2) is 14.6 Å². The van der Waals surface area contributed by atoms with Crippen molar-refractivity contribution in [3.05, 3.63) is 47.0 Å². The number of methoxy groups -OCH3 is 1. The van der Waals surface area contributed by atoms with Crippen LogP contribution in [0.1, 0.15) is 20.7 Å². The molecular formula is C17H15F2N3O5. The summed E-state index contributed by atoms with van der Waals surface area (Å²) < 4.78 is 43.0. The molecule has 0 aromatic heterocycles. The van der Waals surface area contributed by atoms with Gasteiger partial charge < -0.3 is 19.5 Å². The minimum atomic E-state index is -1.04. The maximum absolute atomic E-state index is 13.8. The van der Waals surface area contributed by atoms with Crippen LogP contribution in [-0.4, -0.2) is 32.1 Å². The fourth-order valence-electron chi connectivity index (χ4n) is 2.54. The Bertz CT molecular complexity index is 897. The summed E-state index contributed by atoms with van der Waals surface area (Å²) in [4.78, 5) is 24.4. The molecule has 1 heterocycles. The van der Waals surface area contributed by atoms with E-state index in [0.717, 1.165) is 19.2 Å². The number of nitrogen functional groups attached to an aromatic ring is 1. The predicted molar refractivity (Wildman–Crippen MR) is 89.9 cm³/mol. The summed E-state index contributed by atoms with van der Waals surface area (Å²) in [7, 11) is 1.11. The van der Waals surface area contributed by atoms with E-state index in [9.17, 15) is 18.4 Å². The minimum Gasteiger partial charge on any atom is -0.491 e. The van der Waals surface area contributed by atoms with Crippen molar-refractivity contribution in [1.29, 1.82) is 0 Å². The van der Waals surface area contributed by atoms with E-state index >= 15 is 0 Å². The first-order valence-corrected chi connectivity index (χ1v) is 7.73. The zero-order chi connectivity index (χ0) is 19.6. The highest BCUT2D eigenvalue weighted by Gasteiger charge is 2.22. The summed E-state index contributed by atoms with van der Waals surface area (Å²) in [5.74, 6) is 1.55. The van der Waals surface area contributed by atoms with Crippen LogP contribution in [0.25, 0.3) is 0 Å². The van der Waals surface area contributed by atoms with Crippen LogP contribution >= 0.6 is 0 Å². The number of hydrogen-bond acceptors (Lipinski definition) is 6. The molecule has 142 valence electrons. The van der Waals surface area contributed by atoms with Crippen molar-refractivity contribution in [1.82, 2.24) is 5.43 Å². The number of carbonyl (C=O) groups is 2. The Labute approximate surface area is 152 Å². The average molecular weight is 379 g/mol. The number of nitrogens with one attached hydrogen (secondary N) is 2. The molecule has 0 atom stereocenters. The molecular weight excluding hydrogens is 364 g/mol. The highest BCUT2D eigenvalue weighted by molar-refractivity contribution is 6.09. The van der Waals surface area contributed by atoms with Gasteiger partial charge in [0.2, 0.25) is 0 Å². The van der Waals surface area contributed by atoms with Crippen molar-refractivity contribution < 1.29 is 32.6 Å². The number of rotatable bonds is 4. The number of hydrogen-bond donors (Lipinski definition) is 3. The van der Waals surface area contributed by atoms with Crippen molar-refractivity contribution in [2.24, 2.45) is 5.84 Å². The second kappa shape index (κ2) is 7.46. The summed E-state index contributed by atoms with van der Waals surface area (Å²) in [6.45, 7) is 0.588. The third-order valence-corrected chi connectivity index (χ3v) is 3.77. The number of anilines is 1. The molecule has 8 nitrogen and oxygen atoms in total. The Morgan fingerprint density at radius 3 is 2.19 bits per heavy atom. The minimum absolute atomic E-state index is 0.00967. The molecule has 0 bridgehead atoms. The first-order chi connectivity index (χ1) is 12.9. The van der Waals surface area contributed by atoms with Crippen molar-refractivity contribution in [2.75, 3.05) is 25.6 Å². The number of nitrogens with two attached hydrogens (primary N) is 1. The molecule has 0 saturated heterocycles. The van der Waals surface area contributed by atoms with E-state index in [1.807, 2.05) is 5.43 Å². The van der Waals surface area contributed by atoms with Crippen molar-refractivity contribution in [3.63, 3.8) is 0 Å². The van der Waals surface area contributed by atoms with Gasteiger partial charge >= 0.3 is 0 Å². The Morgan fingerprint density at radius 1 is 1.04 bits per heavy atom. The second-order valence-electron chi connectivity index (χ2n) is 5.44. The maximum atomic E-state index is 13.8. The van der Waals surface area contributed by atoms with Gasteiger partial charge in [-0.05, 0) is 18.2 Å². The SMILES string of the molecule is COc1c(F)cc(C(=O)Nc2cc3c(cc2C(=O)NN)OCCO3)cc1F. The summed E-state index contributed by atoms with van der Waals surface area (Å²) in [5, 5.41) is 2.42. The summed E-state index contributed by atoms with van der Waals surface area (Å²) >= 11 is 0. The number of hydrazine groups is 1. The van der Waals surface area contributed by atoms with Crippen LogP contribution in [-0.2, 0) is 0 Å².